The van der Waals surface area contributed by atoms with E-state index in [0.717, 1.165) is 60.9 Å². The number of aromatic nitrogens is 3. The van der Waals surface area contributed by atoms with Crippen molar-refractivity contribution in [2.75, 3.05) is 18.4 Å². The highest BCUT2D eigenvalue weighted by Crippen LogP contribution is 2.33. The van der Waals surface area contributed by atoms with Crippen LogP contribution in [0.25, 0.3) is 22.2 Å². The number of hydrogen-bond donors (Lipinski definition) is 3. The van der Waals surface area contributed by atoms with Crippen molar-refractivity contribution in [3.8, 4) is 11.3 Å². The first-order valence-corrected chi connectivity index (χ1v) is 12.5. The van der Waals surface area contributed by atoms with Crippen LogP contribution in [0.15, 0.2) is 49.3 Å². The van der Waals surface area contributed by atoms with Crippen LogP contribution in [0.1, 0.15) is 38.5 Å². The molecule has 0 bridgehead atoms. The molecule has 3 N–H and O–H groups in total. The van der Waals surface area contributed by atoms with Gasteiger partial charge in [0.2, 0.25) is 11.9 Å². The smallest absolute Gasteiger partial charge is 0.243 e. The van der Waals surface area contributed by atoms with Gasteiger partial charge in [0, 0.05) is 53.9 Å². The lowest BCUT2D eigenvalue weighted by atomic mass is 9.88. The van der Waals surface area contributed by atoms with E-state index < -0.39 is 0 Å². The number of amides is 1. The number of rotatable bonds is 6. The minimum absolute atomic E-state index is 0.0737. The third-order valence-electron chi connectivity index (χ3n) is 7.15. The van der Waals surface area contributed by atoms with Crippen molar-refractivity contribution in [2.45, 2.75) is 56.7 Å². The second-order valence-corrected chi connectivity index (χ2v) is 9.73. The number of carbonyl (C=O) groups is 1. The molecule has 178 valence electrons. The van der Waals surface area contributed by atoms with E-state index >= 15 is 0 Å². The second kappa shape index (κ2) is 10.2. The van der Waals surface area contributed by atoms with E-state index in [4.69, 9.17) is 16.6 Å². The average molecular weight is 479 g/mol. The summed E-state index contributed by atoms with van der Waals surface area (Å²) in [5.41, 5.74) is 2.79. The van der Waals surface area contributed by atoms with Gasteiger partial charge >= 0.3 is 0 Å². The Bertz CT molecular complexity index is 1170. The van der Waals surface area contributed by atoms with Crippen LogP contribution in [0.3, 0.4) is 0 Å². The van der Waals surface area contributed by atoms with E-state index in [1.807, 2.05) is 24.4 Å². The zero-order valence-corrected chi connectivity index (χ0v) is 20.0. The van der Waals surface area contributed by atoms with E-state index in [0.29, 0.717) is 23.1 Å². The Labute approximate surface area is 205 Å². The van der Waals surface area contributed by atoms with E-state index in [1.165, 1.54) is 18.9 Å². The summed E-state index contributed by atoms with van der Waals surface area (Å²) in [7, 11) is 0. The van der Waals surface area contributed by atoms with Gasteiger partial charge in [-0.3, -0.25) is 4.79 Å². The SMILES string of the molecule is C=CC(=O)NC1CCN([C@@H]2CCC[C@@H](Nc3ncc(Cl)c(-c4c[nH]c5ccccc45)n3)C2)CC1. The Balaban J connectivity index is 1.23. The summed E-state index contributed by atoms with van der Waals surface area (Å²) < 4.78 is 0. The van der Waals surface area contributed by atoms with Gasteiger partial charge in [0.05, 0.1) is 16.9 Å². The Kier molecular flexibility index (Phi) is 6.83. The van der Waals surface area contributed by atoms with E-state index in [9.17, 15) is 4.79 Å². The van der Waals surface area contributed by atoms with E-state index in [1.54, 1.807) is 6.20 Å². The molecule has 1 aliphatic carbocycles. The molecule has 7 nitrogen and oxygen atoms in total. The van der Waals surface area contributed by atoms with Gasteiger partial charge in [0.15, 0.2) is 0 Å². The largest absolute Gasteiger partial charge is 0.360 e. The fourth-order valence-electron chi connectivity index (χ4n) is 5.37. The number of hydrogen-bond acceptors (Lipinski definition) is 5. The number of piperidine rings is 1. The first kappa shape index (κ1) is 22.9. The number of likely N-dealkylation sites (tertiary alicyclic amines) is 1. The number of fused-ring (bicyclic) bond motifs is 1. The number of H-pyrrole nitrogens is 1. The van der Waals surface area contributed by atoms with Crippen LogP contribution in [0.5, 0.6) is 0 Å². The maximum absolute atomic E-state index is 11.6. The Hall–Kier alpha value is -2.90. The first-order valence-electron chi connectivity index (χ1n) is 12.1. The summed E-state index contributed by atoms with van der Waals surface area (Å²) in [5.74, 6) is 0.552. The Morgan fingerprint density at radius 1 is 1.18 bits per heavy atom. The highest BCUT2D eigenvalue weighted by molar-refractivity contribution is 6.33. The molecule has 5 rings (SSSR count). The number of para-hydroxylation sites is 1. The van der Waals surface area contributed by atoms with Gasteiger partial charge < -0.3 is 20.5 Å². The fourth-order valence-corrected chi connectivity index (χ4v) is 5.56. The molecule has 0 unspecified atom stereocenters. The molecule has 1 amide bonds. The summed E-state index contributed by atoms with van der Waals surface area (Å²) in [6, 6.07) is 9.28. The molecular formula is C26H31ClN6O. The van der Waals surface area contributed by atoms with E-state index in [-0.39, 0.29) is 11.9 Å². The minimum atomic E-state index is -0.0737. The predicted octanol–water partition coefficient (Wildman–Crippen LogP) is 4.77. The monoisotopic (exact) mass is 478 g/mol. The molecule has 2 atom stereocenters. The number of aromatic amines is 1. The lowest BCUT2D eigenvalue weighted by molar-refractivity contribution is -0.117. The third-order valence-corrected chi connectivity index (χ3v) is 7.42. The summed E-state index contributed by atoms with van der Waals surface area (Å²) in [4.78, 5) is 26.8. The summed E-state index contributed by atoms with van der Waals surface area (Å²) in [5, 5.41) is 8.27. The lowest BCUT2D eigenvalue weighted by Gasteiger charge is -2.41. The summed E-state index contributed by atoms with van der Waals surface area (Å²) >= 11 is 6.50. The fraction of sp³-hybridized carbons (Fsp3) is 0.423. The number of anilines is 1. The number of halogens is 1. The van der Waals surface area contributed by atoms with Crippen molar-refractivity contribution >= 4 is 34.4 Å². The van der Waals surface area contributed by atoms with Crippen molar-refractivity contribution in [3.05, 3.63) is 54.3 Å². The van der Waals surface area contributed by atoms with Gasteiger partial charge in [0.25, 0.3) is 0 Å². The maximum Gasteiger partial charge on any atom is 0.243 e. The second-order valence-electron chi connectivity index (χ2n) is 9.32. The van der Waals surface area contributed by atoms with Crippen molar-refractivity contribution in [3.63, 3.8) is 0 Å². The zero-order valence-electron chi connectivity index (χ0n) is 19.3. The molecule has 2 aliphatic rings. The molecule has 1 aliphatic heterocycles. The minimum Gasteiger partial charge on any atom is -0.360 e. The van der Waals surface area contributed by atoms with Gasteiger partial charge in [-0.1, -0.05) is 36.4 Å². The number of nitrogens with zero attached hydrogens (tertiary/aromatic N) is 3. The molecular weight excluding hydrogens is 448 g/mol. The van der Waals surface area contributed by atoms with Crippen molar-refractivity contribution in [2.24, 2.45) is 0 Å². The van der Waals surface area contributed by atoms with Crippen LogP contribution in [-0.4, -0.2) is 57.0 Å². The topological polar surface area (TPSA) is 85.9 Å². The molecule has 34 heavy (non-hydrogen) atoms. The van der Waals surface area contributed by atoms with Gasteiger partial charge in [-0.2, -0.15) is 0 Å². The van der Waals surface area contributed by atoms with Crippen LogP contribution < -0.4 is 10.6 Å². The molecule has 8 heteroatoms. The zero-order chi connectivity index (χ0) is 23.5. The van der Waals surface area contributed by atoms with Gasteiger partial charge in [0.1, 0.15) is 0 Å². The van der Waals surface area contributed by atoms with Crippen molar-refractivity contribution in [1.82, 2.24) is 25.2 Å². The number of carbonyl (C=O) groups excluding carboxylic acids is 1. The molecule has 3 heterocycles. The van der Waals surface area contributed by atoms with Gasteiger partial charge in [-0.15, -0.1) is 0 Å². The molecule has 2 aromatic heterocycles. The molecule has 0 radical (unpaired) electrons. The average Bonchev–Trinajstić information content (AvgIpc) is 3.30. The molecule has 1 aromatic carbocycles. The third kappa shape index (κ3) is 4.95. The predicted molar refractivity (Wildman–Crippen MR) is 137 cm³/mol. The van der Waals surface area contributed by atoms with E-state index in [2.05, 4.69) is 38.1 Å². The lowest BCUT2D eigenvalue weighted by Crippen LogP contribution is -2.50. The highest BCUT2D eigenvalue weighted by Gasteiger charge is 2.30. The van der Waals surface area contributed by atoms with Gasteiger partial charge in [-0.25, -0.2) is 9.97 Å². The van der Waals surface area contributed by atoms with Crippen LogP contribution >= 0.6 is 11.6 Å². The maximum atomic E-state index is 11.6. The van der Waals surface area contributed by atoms with Crippen LogP contribution in [-0.2, 0) is 4.79 Å². The Morgan fingerprint density at radius 3 is 2.82 bits per heavy atom. The first-order chi connectivity index (χ1) is 16.6. The molecule has 1 saturated carbocycles. The van der Waals surface area contributed by atoms with Crippen LogP contribution in [0.4, 0.5) is 5.95 Å². The molecule has 0 spiro atoms. The van der Waals surface area contributed by atoms with Gasteiger partial charge in [-0.05, 0) is 50.7 Å². The van der Waals surface area contributed by atoms with Crippen LogP contribution in [0.2, 0.25) is 5.02 Å². The number of benzene rings is 1. The Morgan fingerprint density at radius 2 is 2.00 bits per heavy atom. The molecule has 3 aromatic rings. The highest BCUT2D eigenvalue weighted by atomic mass is 35.5. The summed E-state index contributed by atoms with van der Waals surface area (Å²) in [6.07, 6.45) is 11.5. The van der Waals surface area contributed by atoms with Crippen molar-refractivity contribution in [1.29, 1.82) is 0 Å². The van der Waals surface area contributed by atoms with Crippen LogP contribution in [0, 0.1) is 0 Å². The van der Waals surface area contributed by atoms with Crippen molar-refractivity contribution < 1.29 is 4.79 Å². The summed E-state index contributed by atoms with van der Waals surface area (Å²) in [6.45, 7) is 5.58. The standard InChI is InChI=1S/C26H31ClN6O/c1-2-24(34)30-17-10-12-33(13-11-17)19-7-5-6-18(14-19)31-26-29-16-22(27)25(32-26)21-15-28-23-9-4-3-8-20(21)23/h2-4,8-9,15-19,28H,1,5-7,10-14H2,(H,30,34)(H,29,31,32)/t18-,19-/m1/s1. The molecule has 2 fully saturated rings. The normalized spacial score (nSPS) is 21.9. The quantitative estimate of drug-likeness (QED) is 0.444. The number of nitrogens with one attached hydrogen (secondary N) is 3. The molecule has 1 saturated heterocycles.